The van der Waals surface area contributed by atoms with Gasteiger partial charge < -0.3 is 5.11 Å². The number of hydrogen-bond donors (Lipinski definition) is 1. The van der Waals surface area contributed by atoms with Crippen LogP contribution in [0.25, 0.3) is 11.6 Å². The summed E-state index contributed by atoms with van der Waals surface area (Å²) in [4.78, 5) is 19.0. The fourth-order valence-corrected chi connectivity index (χ4v) is 4.69. The van der Waals surface area contributed by atoms with E-state index in [0.29, 0.717) is 16.5 Å². The number of nitrogens with zero attached hydrogens (tertiary/aromatic N) is 2. The minimum Gasteiger partial charge on any atom is -0.476 e. The predicted octanol–water partition coefficient (Wildman–Crippen LogP) is 4.45. The molecule has 2 unspecified atom stereocenters. The van der Waals surface area contributed by atoms with E-state index in [2.05, 4.69) is 48.9 Å². The number of allylic oxidation sites excluding steroid dienone is 1. The van der Waals surface area contributed by atoms with Gasteiger partial charge in [0, 0.05) is 0 Å². The Morgan fingerprint density at radius 3 is 2.48 bits per heavy atom. The lowest BCUT2D eigenvalue weighted by Crippen LogP contribution is -2.18. The average molecular weight is 334 g/mol. The van der Waals surface area contributed by atoms with Crippen molar-refractivity contribution in [1.82, 2.24) is 9.97 Å². The molecule has 25 heavy (non-hydrogen) atoms. The number of carboxylic acid groups (broad SMARTS) is 1. The van der Waals surface area contributed by atoms with Crippen molar-refractivity contribution >= 4 is 17.6 Å². The molecule has 0 amide bonds. The maximum absolute atomic E-state index is 10.9. The van der Waals surface area contributed by atoms with Crippen LogP contribution in [0.3, 0.4) is 0 Å². The van der Waals surface area contributed by atoms with Crippen LogP contribution in [-0.4, -0.2) is 21.0 Å². The quantitative estimate of drug-likeness (QED) is 0.901. The summed E-state index contributed by atoms with van der Waals surface area (Å²) < 4.78 is 0. The SMILES string of the molecule is C/C(=C\c1cnc(C(=O)O)cn1)c1ccc2c(c1)C1(C)CCC2(C)C1. The third-order valence-corrected chi connectivity index (χ3v) is 6.04. The molecule has 0 aliphatic heterocycles. The fourth-order valence-electron chi connectivity index (χ4n) is 4.69. The second kappa shape index (κ2) is 5.25. The average Bonchev–Trinajstić information content (AvgIpc) is 3.02. The highest BCUT2D eigenvalue weighted by Gasteiger charge is 2.52. The van der Waals surface area contributed by atoms with E-state index in [9.17, 15) is 4.79 Å². The van der Waals surface area contributed by atoms with Crippen LogP contribution in [0.4, 0.5) is 0 Å². The first kappa shape index (κ1) is 16.0. The first-order valence-corrected chi connectivity index (χ1v) is 8.70. The summed E-state index contributed by atoms with van der Waals surface area (Å²) in [6.07, 6.45) is 8.57. The molecule has 0 saturated heterocycles. The molecular formula is C21H22N2O2. The second-order valence-corrected chi connectivity index (χ2v) is 8.02. The molecule has 128 valence electrons. The topological polar surface area (TPSA) is 63.1 Å². The fraction of sp³-hybridized carbons (Fsp3) is 0.381. The number of hydrogen-bond acceptors (Lipinski definition) is 3. The van der Waals surface area contributed by atoms with Gasteiger partial charge in [-0.15, -0.1) is 0 Å². The van der Waals surface area contributed by atoms with Gasteiger partial charge in [-0.2, -0.15) is 0 Å². The van der Waals surface area contributed by atoms with Gasteiger partial charge in [-0.05, 0) is 65.4 Å². The zero-order chi connectivity index (χ0) is 17.8. The molecule has 1 heterocycles. The van der Waals surface area contributed by atoms with Gasteiger partial charge in [-0.1, -0.05) is 32.0 Å². The molecule has 4 rings (SSSR count). The smallest absolute Gasteiger partial charge is 0.356 e. The minimum atomic E-state index is -1.06. The number of rotatable bonds is 3. The van der Waals surface area contributed by atoms with Gasteiger partial charge in [0.1, 0.15) is 0 Å². The largest absolute Gasteiger partial charge is 0.476 e. The number of carbonyl (C=O) groups is 1. The molecule has 1 N–H and O–H groups in total. The third-order valence-electron chi connectivity index (χ3n) is 6.04. The maximum atomic E-state index is 10.9. The van der Waals surface area contributed by atoms with Crippen LogP contribution in [0.1, 0.15) is 72.9 Å². The molecule has 0 radical (unpaired) electrons. The standard InChI is InChI=1S/C21H22N2O2/c1-13(8-15-10-23-18(11-22-15)19(24)25)14-4-5-16-17(9-14)21(3)7-6-20(16,2)12-21/h4-5,8-11H,6-7,12H2,1-3H3,(H,24,25)/b13-8+. The third kappa shape index (κ3) is 2.48. The van der Waals surface area contributed by atoms with Crippen molar-refractivity contribution in [1.29, 1.82) is 0 Å². The molecule has 2 bridgehead atoms. The Morgan fingerprint density at radius 2 is 1.84 bits per heavy atom. The molecule has 2 aliphatic carbocycles. The molecular weight excluding hydrogens is 312 g/mol. The van der Waals surface area contributed by atoms with Crippen LogP contribution in [0.15, 0.2) is 30.6 Å². The molecule has 0 spiro atoms. The molecule has 1 aromatic heterocycles. The molecule has 1 saturated carbocycles. The van der Waals surface area contributed by atoms with E-state index in [1.54, 1.807) is 0 Å². The molecule has 4 nitrogen and oxygen atoms in total. The van der Waals surface area contributed by atoms with Gasteiger partial charge in [0.25, 0.3) is 0 Å². The molecule has 4 heteroatoms. The molecule has 2 aliphatic rings. The lowest BCUT2D eigenvalue weighted by Gasteiger charge is -2.27. The normalized spacial score (nSPS) is 27.4. The van der Waals surface area contributed by atoms with Crippen LogP contribution in [-0.2, 0) is 10.8 Å². The van der Waals surface area contributed by atoms with E-state index < -0.39 is 5.97 Å². The van der Waals surface area contributed by atoms with E-state index in [0.717, 1.165) is 5.57 Å². The van der Waals surface area contributed by atoms with Crippen molar-refractivity contribution in [3.8, 4) is 0 Å². The van der Waals surface area contributed by atoms with Crippen LogP contribution >= 0.6 is 0 Å². The lowest BCUT2D eigenvalue weighted by atomic mass is 9.77. The highest BCUT2D eigenvalue weighted by Crippen LogP contribution is 2.60. The first-order valence-electron chi connectivity index (χ1n) is 8.70. The lowest BCUT2D eigenvalue weighted by molar-refractivity contribution is 0.0690. The van der Waals surface area contributed by atoms with E-state index in [-0.39, 0.29) is 5.69 Å². The zero-order valence-corrected chi connectivity index (χ0v) is 14.8. The molecule has 1 fully saturated rings. The second-order valence-electron chi connectivity index (χ2n) is 8.02. The van der Waals surface area contributed by atoms with Crippen LogP contribution < -0.4 is 0 Å². The van der Waals surface area contributed by atoms with Crippen molar-refractivity contribution in [3.05, 3.63) is 58.7 Å². The first-order chi connectivity index (χ1) is 11.8. The van der Waals surface area contributed by atoms with Gasteiger partial charge in [0.05, 0.1) is 18.1 Å². The predicted molar refractivity (Wildman–Crippen MR) is 97.5 cm³/mol. The highest BCUT2D eigenvalue weighted by molar-refractivity contribution is 5.85. The summed E-state index contributed by atoms with van der Waals surface area (Å²) in [5, 5.41) is 8.90. The van der Waals surface area contributed by atoms with Gasteiger partial charge in [0.15, 0.2) is 5.69 Å². The van der Waals surface area contributed by atoms with E-state index in [1.165, 1.54) is 48.3 Å². The summed E-state index contributed by atoms with van der Waals surface area (Å²) in [6, 6.07) is 6.83. The van der Waals surface area contributed by atoms with E-state index in [1.807, 2.05) is 6.08 Å². The van der Waals surface area contributed by atoms with Crippen molar-refractivity contribution in [2.45, 2.75) is 50.9 Å². The van der Waals surface area contributed by atoms with Crippen LogP contribution in [0, 0.1) is 0 Å². The van der Waals surface area contributed by atoms with Crippen molar-refractivity contribution in [2.75, 3.05) is 0 Å². The Morgan fingerprint density at radius 1 is 1.12 bits per heavy atom. The summed E-state index contributed by atoms with van der Waals surface area (Å²) in [5.41, 5.74) is 6.60. The maximum Gasteiger partial charge on any atom is 0.356 e. The highest BCUT2D eigenvalue weighted by atomic mass is 16.4. The van der Waals surface area contributed by atoms with Gasteiger partial charge in [0.2, 0.25) is 0 Å². The number of aromatic carboxylic acids is 1. The van der Waals surface area contributed by atoms with E-state index in [4.69, 9.17) is 5.11 Å². The monoisotopic (exact) mass is 334 g/mol. The zero-order valence-electron chi connectivity index (χ0n) is 14.8. The summed E-state index contributed by atoms with van der Waals surface area (Å²) in [7, 11) is 0. The Balaban J connectivity index is 1.68. The number of carboxylic acids is 1. The number of benzene rings is 1. The summed E-state index contributed by atoms with van der Waals surface area (Å²) in [6.45, 7) is 6.85. The Kier molecular flexibility index (Phi) is 3.36. The van der Waals surface area contributed by atoms with Crippen LogP contribution in [0.5, 0.6) is 0 Å². The number of fused-ring (bicyclic) bond motifs is 5. The Labute approximate surface area is 147 Å². The van der Waals surface area contributed by atoms with E-state index >= 15 is 0 Å². The van der Waals surface area contributed by atoms with Crippen molar-refractivity contribution in [2.24, 2.45) is 0 Å². The molecule has 2 atom stereocenters. The van der Waals surface area contributed by atoms with Crippen molar-refractivity contribution < 1.29 is 9.90 Å². The number of aromatic nitrogens is 2. The van der Waals surface area contributed by atoms with Gasteiger partial charge in [-0.25, -0.2) is 9.78 Å². The Hall–Kier alpha value is -2.49. The molecule has 1 aromatic carbocycles. The summed E-state index contributed by atoms with van der Waals surface area (Å²) in [5.74, 6) is -1.06. The van der Waals surface area contributed by atoms with Crippen LogP contribution in [0.2, 0.25) is 0 Å². The van der Waals surface area contributed by atoms with Crippen molar-refractivity contribution in [3.63, 3.8) is 0 Å². The minimum absolute atomic E-state index is 0.0375. The summed E-state index contributed by atoms with van der Waals surface area (Å²) >= 11 is 0. The van der Waals surface area contributed by atoms with Gasteiger partial charge in [-0.3, -0.25) is 4.98 Å². The molecule has 2 aromatic rings. The van der Waals surface area contributed by atoms with Gasteiger partial charge >= 0.3 is 5.97 Å². The Bertz CT molecular complexity index is 901.